The largest absolute Gasteiger partial charge is 0.331 e. The number of hydrogen-bond acceptors (Lipinski definition) is 2. The lowest BCUT2D eigenvalue weighted by Gasteiger charge is -1.91. The monoisotopic (exact) mass is 118 g/mol. The molecule has 4 N–H and O–H groups in total. The highest BCUT2D eigenvalue weighted by molar-refractivity contribution is 4.38. The first-order valence-corrected chi connectivity index (χ1v) is 3.09. The van der Waals surface area contributed by atoms with Crippen molar-refractivity contribution in [2.24, 2.45) is 17.4 Å². The van der Waals surface area contributed by atoms with Crippen LogP contribution in [0.4, 0.5) is 0 Å². The van der Waals surface area contributed by atoms with Crippen molar-refractivity contribution >= 4 is 0 Å². The van der Waals surface area contributed by atoms with Crippen LogP contribution in [0.5, 0.6) is 0 Å². The first-order chi connectivity index (χ1) is 3.68. The summed E-state index contributed by atoms with van der Waals surface area (Å²) in [6.07, 6.45) is 0. The van der Waals surface area contributed by atoms with Crippen molar-refractivity contribution in [1.82, 2.24) is 0 Å². The molecule has 0 aliphatic carbocycles. The highest BCUT2D eigenvalue weighted by Gasteiger charge is 1.80. The SMILES string of the molecule is CC(C)CN.CCN. The minimum absolute atomic E-state index is 0.662. The highest BCUT2D eigenvalue weighted by atomic mass is 14.5. The molecule has 52 valence electrons. The van der Waals surface area contributed by atoms with Crippen LogP contribution in [0.1, 0.15) is 20.8 Å². The predicted molar refractivity (Wildman–Crippen MR) is 38.6 cm³/mol. The molecule has 0 fully saturated rings. The molecule has 0 spiro atoms. The van der Waals surface area contributed by atoms with Gasteiger partial charge in [0.15, 0.2) is 0 Å². The van der Waals surface area contributed by atoms with E-state index in [9.17, 15) is 0 Å². The Kier molecular flexibility index (Phi) is 13.6. The molecule has 0 saturated heterocycles. The third kappa shape index (κ3) is 38.9. The Morgan fingerprint density at radius 1 is 1.25 bits per heavy atom. The highest BCUT2D eigenvalue weighted by Crippen LogP contribution is 1.81. The van der Waals surface area contributed by atoms with Crippen LogP contribution < -0.4 is 11.5 Å². The van der Waals surface area contributed by atoms with Gasteiger partial charge in [-0.25, -0.2) is 0 Å². The van der Waals surface area contributed by atoms with E-state index in [2.05, 4.69) is 13.8 Å². The standard InChI is InChI=1S/C4H11N.C2H7N/c1-4(2)3-5;1-2-3/h4H,3,5H2,1-2H3;2-3H2,1H3. The zero-order chi connectivity index (χ0) is 6.99. The van der Waals surface area contributed by atoms with E-state index in [-0.39, 0.29) is 0 Å². The van der Waals surface area contributed by atoms with Gasteiger partial charge in [-0.05, 0) is 19.0 Å². The second-order valence-corrected chi connectivity index (χ2v) is 2.04. The van der Waals surface area contributed by atoms with Gasteiger partial charge in [-0.2, -0.15) is 0 Å². The predicted octanol–water partition coefficient (Wildman–Crippen LogP) is 0.566. The lowest BCUT2D eigenvalue weighted by Crippen LogP contribution is -2.05. The lowest BCUT2D eigenvalue weighted by molar-refractivity contribution is 0.664. The van der Waals surface area contributed by atoms with E-state index in [0.717, 1.165) is 13.1 Å². The van der Waals surface area contributed by atoms with Crippen molar-refractivity contribution in [2.75, 3.05) is 13.1 Å². The molecule has 0 aromatic rings. The molecule has 0 bridgehead atoms. The fourth-order valence-corrected chi connectivity index (χ4v) is 0. The maximum absolute atomic E-state index is 5.17. The van der Waals surface area contributed by atoms with Gasteiger partial charge in [-0.3, -0.25) is 0 Å². The Hall–Kier alpha value is -0.0800. The van der Waals surface area contributed by atoms with Gasteiger partial charge in [-0.15, -0.1) is 0 Å². The Bertz CT molecular complexity index is 27.7. The van der Waals surface area contributed by atoms with Gasteiger partial charge >= 0.3 is 0 Å². The topological polar surface area (TPSA) is 52.0 Å². The summed E-state index contributed by atoms with van der Waals surface area (Å²) in [5.41, 5.74) is 10.0. The van der Waals surface area contributed by atoms with Crippen LogP contribution >= 0.6 is 0 Å². The van der Waals surface area contributed by atoms with Crippen molar-refractivity contribution in [3.63, 3.8) is 0 Å². The molecular weight excluding hydrogens is 100 g/mol. The summed E-state index contributed by atoms with van der Waals surface area (Å²) in [5, 5.41) is 0. The smallest absolute Gasteiger partial charge is 0.00541 e. The summed E-state index contributed by atoms with van der Waals surface area (Å²) in [6.45, 7) is 7.65. The molecule has 8 heavy (non-hydrogen) atoms. The summed E-state index contributed by atoms with van der Waals surface area (Å²) in [7, 11) is 0. The number of rotatable bonds is 1. The molecule has 2 heteroatoms. The second-order valence-electron chi connectivity index (χ2n) is 2.04. The van der Waals surface area contributed by atoms with Crippen LogP contribution in [0, 0.1) is 5.92 Å². The van der Waals surface area contributed by atoms with Crippen molar-refractivity contribution in [3.8, 4) is 0 Å². The van der Waals surface area contributed by atoms with Gasteiger partial charge in [0.05, 0.1) is 0 Å². The van der Waals surface area contributed by atoms with Gasteiger partial charge in [-0.1, -0.05) is 20.8 Å². The molecule has 0 aliphatic rings. The van der Waals surface area contributed by atoms with E-state index < -0.39 is 0 Å². The third-order valence-corrected chi connectivity index (χ3v) is 0.471. The van der Waals surface area contributed by atoms with E-state index in [4.69, 9.17) is 11.5 Å². The molecule has 0 unspecified atom stereocenters. The van der Waals surface area contributed by atoms with Crippen molar-refractivity contribution in [2.45, 2.75) is 20.8 Å². The van der Waals surface area contributed by atoms with Gasteiger partial charge in [0, 0.05) is 0 Å². The normalized spacial score (nSPS) is 8.25. The molecule has 0 heterocycles. The maximum atomic E-state index is 5.17. The van der Waals surface area contributed by atoms with E-state index in [1.54, 1.807) is 0 Å². The van der Waals surface area contributed by atoms with Gasteiger partial charge in [0.2, 0.25) is 0 Å². The minimum Gasteiger partial charge on any atom is -0.331 e. The summed E-state index contributed by atoms with van der Waals surface area (Å²) in [6, 6.07) is 0. The van der Waals surface area contributed by atoms with Crippen molar-refractivity contribution in [1.29, 1.82) is 0 Å². The molecule has 0 aromatic heterocycles. The third-order valence-electron chi connectivity index (χ3n) is 0.471. The maximum Gasteiger partial charge on any atom is -0.00541 e. The molecule has 0 aromatic carbocycles. The average Bonchev–Trinajstić information content (AvgIpc) is 1.69. The molecule has 2 nitrogen and oxygen atoms in total. The van der Waals surface area contributed by atoms with Crippen molar-refractivity contribution < 1.29 is 0 Å². The second kappa shape index (κ2) is 10.0. The summed E-state index contributed by atoms with van der Waals surface area (Å²) < 4.78 is 0. The first-order valence-electron chi connectivity index (χ1n) is 3.09. The molecule has 0 saturated carbocycles. The fraction of sp³-hybridized carbons (Fsp3) is 1.00. The van der Waals surface area contributed by atoms with Gasteiger partial charge in [0.25, 0.3) is 0 Å². The van der Waals surface area contributed by atoms with Gasteiger partial charge in [0.1, 0.15) is 0 Å². The number of hydrogen-bond donors (Lipinski definition) is 2. The van der Waals surface area contributed by atoms with Crippen LogP contribution in [-0.2, 0) is 0 Å². The van der Waals surface area contributed by atoms with Crippen LogP contribution in [-0.4, -0.2) is 13.1 Å². The Morgan fingerprint density at radius 3 is 1.38 bits per heavy atom. The van der Waals surface area contributed by atoms with Crippen LogP contribution in [0.15, 0.2) is 0 Å². The minimum atomic E-state index is 0.662. The Labute approximate surface area is 52.2 Å². The molecule has 0 rings (SSSR count). The van der Waals surface area contributed by atoms with Gasteiger partial charge < -0.3 is 11.5 Å². The summed E-state index contributed by atoms with van der Waals surface area (Å²) in [5.74, 6) is 0.662. The van der Waals surface area contributed by atoms with Crippen LogP contribution in [0.3, 0.4) is 0 Å². The quantitative estimate of drug-likeness (QED) is 0.528. The van der Waals surface area contributed by atoms with Crippen molar-refractivity contribution in [3.05, 3.63) is 0 Å². The molecular formula is C6H18N2. The summed E-state index contributed by atoms with van der Waals surface area (Å²) >= 11 is 0. The first kappa shape index (κ1) is 10.8. The zero-order valence-electron chi connectivity index (χ0n) is 6.15. The van der Waals surface area contributed by atoms with E-state index >= 15 is 0 Å². The average molecular weight is 118 g/mol. The Balaban J connectivity index is 0. The number of nitrogens with two attached hydrogens (primary N) is 2. The molecule has 0 atom stereocenters. The fourth-order valence-electron chi connectivity index (χ4n) is 0. The molecule has 0 aliphatic heterocycles. The molecule has 0 radical (unpaired) electrons. The zero-order valence-corrected chi connectivity index (χ0v) is 6.15. The van der Waals surface area contributed by atoms with E-state index in [1.807, 2.05) is 6.92 Å². The van der Waals surface area contributed by atoms with Crippen LogP contribution in [0.25, 0.3) is 0 Å². The van der Waals surface area contributed by atoms with E-state index in [1.165, 1.54) is 0 Å². The van der Waals surface area contributed by atoms with Crippen LogP contribution in [0.2, 0.25) is 0 Å². The van der Waals surface area contributed by atoms with E-state index in [0.29, 0.717) is 5.92 Å². The molecule has 0 amide bonds. The Morgan fingerprint density at radius 2 is 1.38 bits per heavy atom. The summed E-state index contributed by atoms with van der Waals surface area (Å²) in [4.78, 5) is 0. The lowest BCUT2D eigenvalue weighted by atomic mass is 10.2.